The summed E-state index contributed by atoms with van der Waals surface area (Å²) in [5.41, 5.74) is -0.0117. The summed E-state index contributed by atoms with van der Waals surface area (Å²) in [7, 11) is 0. The normalized spacial score (nSPS) is 15.5. The van der Waals surface area contributed by atoms with Crippen molar-refractivity contribution in [2.75, 3.05) is 13.1 Å². The van der Waals surface area contributed by atoms with Crippen molar-refractivity contribution in [3.63, 3.8) is 0 Å². The molecule has 1 aromatic rings. The zero-order valence-electron chi connectivity index (χ0n) is 10.8. The van der Waals surface area contributed by atoms with Crippen molar-refractivity contribution >= 4 is 11.6 Å². The molecule has 0 saturated carbocycles. The number of likely N-dealkylation sites (tertiary alicyclic amines) is 1. The molecule has 1 aromatic heterocycles. The van der Waals surface area contributed by atoms with Gasteiger partial charge in [0, 0.05) is 26.1 Å². The molecule has 1 amide bonds. The molecule has 1 aliphatic heterocycles. The molecule has 0 aromatic carbocycles. The predicted octanol–water partition coefficient (Wildman–Crippen LogP) is 1.58. The van der Waals surface area contributed by atoms with E-state index in [1.165, 1.54) is 23.5 Å². The molecule has 2 rings (SSSR count). The molecule has 1 saturated heterocycles. The van der Waals surface area contributed by atoms with E-state index >= 15 is 0 Å². The van der Waals surface area contributed by atoms with Gasteiger partial charge in [0.1, 0.15) is 12.4 Å². The molecule has 0 radical (unpaired) electrons. The Morgan fingerprint density at radius 3 is 2.74 bits per heavy atom. The Morgan fingerprint density at radius 2 is 2.11 bits per heavy atom. The molecule has 0 bridgehead atoms. The van der Waals surface area contributed by atoms with Gasteiger partial charge in [-0.3, -0.25) is 19.6 Å². The lowest BCUT2D eigenvalue weighted by Crippen LogP contribution is -2.35. The molecule has 0 spiro atoms. The third-order valence-electron chi connectivity index (χ3n) is 3.32. The van der Waals surface area contributed by atoms with Crippen LogP contribution < -0.4 is 0 Å². The number of hydrogen-bond donors (Lipinski definition) is 0. The number of nitrogens with zero attached hydrogens (tertiary/aromatic N) is 4. The first-order valence-corrected chi connectivity index (χ1v) is 6.61. The van der Waals surface area contributed by atoms with E-state index < -0.39 is 4.92 Å². The second-order valence-corrected chi connectivity index (χ2v) is 4.76. The molecule has 0 N–H and O–H groups in total. The van der Waals surface area contributed by atoms with Crippen molar-refractivity contribution in [2.45, 2.75) is 38.6 Å². The van der Waals surface area contributed by atoms with Gasteiger partial charge in [0.2, 0.25) is 5.91 Å². The van der Waals surface area contributed by atoms with E-state index in [9.17, 15) is 14.9 Å². The van der Waals surface area contributed by atoms with E-state index in [0.717, 1.165) is 25.9 Å². The third kappa shape index (κ3) is 3.77. The first-order chi connectivity index (χ1) is 9.16. The van der Waals surface area contributed by atoms with Gasteiger partial charge in [0.15, 0.2) is 0 Å². The van der Waals surface area contributed by atoms with Crippen LogP contribution in [0.5, 0.6) is 0 Å². The summed E-state index contributed by atoms with van der Waals surface area (Å²) in [5, 5.41) is 14.4. The SMILES string of the molecule is O=C(CCCn1cc([N+](=O)[O-])cn1)N1CCCCC1. The number of piperidine rings is 1. The number of carbonyl (C=O) groups is 1. The fourth-order valence-corrected chi connectivity index (χ4v) is 2.26. The molecule has 1 fully saturated rings. The fraction of sp³-hybridized carbons (Fsp3) is 0.667. The minimum absolute atomic E-state index is 0.0117. The van der Waals surface area contributed by atoms with Crippen LogP contribution in [0.15, 0.2) is 12.4 Å². The van der Waals surface area contributed by atoms with Crippen molar-refractivity contribution in [3.05, 3.63) is 22.5 Å². The largest absolute Gasteiger partial charge is 0.343 e. The summed E-state index contributed by atoms with van der Waals surface area (Å²) in [4.78, 5) is 23.8. The smallest absolute Gasteiger partial charge is 0.306 e. The first-order valence-electron chi connectivity index (χ1n) is 6.61. The molecule has 1 aliphatic rings. The summed E-state index contributed by atoms with van der Waals surface area (Å²) in [6.07, 6.45) is 7.16. The number of amides is 1. The van der Waals surface area contributed by atoms with Gasteiger partial charge < -0.3 is 4.90 Å². The molecule has 0 atom stereocenters. The van der Waals surface area contributed by atoms with Gasteiger partial charge in [-0.05, 0) is 25.7 Å². The van der Waals surface area contributed by atoms with E-state index in [1.807, 2.05) is 4.90 Å². The zero-order valence-corrected chi connectivity index (χ0v) is 10.8. The maximum absolute atomic E-state index is 11.9. The summed E-state index contributed by atoms with van der Waals surface area (Å²) in [6.45, 7) is 2.27. The lowest BCUT2D eigenvalue weighted by molar-refractivity contribution is -0.385. The number of aryl methyl sites for hydroxylation is 1. The average Bonchev–Trinajstić information content (AvgIpc) is 2.89. The molecule has 7 nitrogen and oxygen atoms in total. The number of carbonyl (C=O) groups excluding carboxylic acids is 1. The van der Waals surface area contributed by atoms with Crippen LogP contribution in [0.2, 0.25) is 0 Å². The topological polar surface area (TPSA) is 81.3 Å². The van der Waals surface area contributed by atoms with Gasteiger partial charge in [0.25, 0.3) is 0 Å². The van der Waals surface area contributed by atoms with Gasteiger partial charge in [-0.15, -0.1) is 0 Å². The van der Waals surface area contributed by atoms with Crippen LogP contribution in [0.25, 0.3) is 0 Å². The van der Waals surface area contributed by atoms with Crippen LogP contribution in [-0.4, -0.2) is 38.6 Å². The summed E-state index contributed by atoms with van der Waals surface area (Å²) < 4.78 is 1.52. The van der Waals surface area contributed by atoms with E-state index in [0.29, 0.717) is 19.4 Å². The quantitative estimate of drug-likeness (QED) is 0.598. The molecular weight excluding hydrogens is 248 g/mol. The van der Waals surface area contributed by atoms with Gasteiger partial charge >= 0.3 is 5.69 Å². The molecule has 0 unspecified atom stereocenters. The minimum Gasteiger partial charge on any atom is -0.343 e. The molecule has 2 heterocycles. The third-order valence-corrected chi connectivity index (χ3v) is 3.32. The number of aromatic nitrogens is 2. The molecule has 0 aliphatic carbocycles. The molecule has 19 heavy (non-hydrogen) atoms. The maximum atomic E-state index is 11.9. The Kier molecular flexibility index (Phi) is 4.48. The number of rotatable bonds is 5. The highest BCUT2D eigenvalue weighted by molar-refractivity contribution is 5.76. The summed E-state index contributed by atoms with van der Waals surface area (Å²) in [5.74, 6) is 0.182. The van der Waals surface area contributed by atoms with E-state index in [4.69, 9.17) is 0 Å². The Hall–Kier alpha value is -1.92. The Labute approximate surface area is 111 Å². The highest BCUT2D eigenvalue weighted by Crippen LogP contribution is 2.12. The monoisotopic (exact) mass is 266 g/mol. The average molecular weight is 266 g/mol. The maximum Gasteiger partial charge on any atom is 0.306 e. The number of nitro groups is 1. The van der Waals surface area contributed by atoms with Gasteiger partial charge in [0.05, 0.1) is 4.92 Å². The van der Waals surface area contributed by atoms with E-state index in [-0.39, 0.29) is 11.6 Å². The number of hydrogen-bond acceptors (Lipinski definition) is 4. The lowest BCUT2D eigenvalue weighted by Gasteiger charge is -2.26. The predicted molar refractivity (Wildman–Crippen MR) is 68.5 cm³/mol. The Bertz CT molecular complexity index is 452. The van der Waals surface area contributed by atoms with Crippen molar-refractivity contribution in [2.24, 2.45) is 0 Å². The zero-order chi connectivity index (χ0) is 13.7. The Balaban J connectivity index is 1.73. The molecule has 104 valence electrons. The van der Waals surface area contributed by atoms with Crippen LogP contribution in [0.1, 0.15) is 32.1 Å². The van der Waals surface area contributed by atoms with Crippen molar-refractivity contribution in [3.8, 4) is 0 Å². The van der Waals surface area contributed by atoms with Crippen LogP contribution >= 0.6 is 0 Å². The van der Waals surface area contributed by atoms with Gasteiger partial charge in [-0.2, -0.15) is 5.10 Å². The summed E-state index contributed by atoms with van der Waals surface area (Å²) >= 11 is 0. The van der Waals surface area contributed by atoms with E-state index in [1.54, 1.807) is 0 Å². The van der Waals surface area contributed by atoms with Crippen molar-refractivity contribution < 1.29 is 9.72 Å². The van der Waals surface area contributed by atoms with Gasteiger partial charge in [-0.1, -0.05) is 0 Å². The van der Waals surface area contributed by atoms with Crippen molar-refractivity contribution in [1.82, 2.24) is 14.7 Å². The second kappa shape index (κ2) is 6.31. The van der Waals surface area contributed by atoms with Crippen molar-refractivity contribution in [1.29, 1.82) is 0 Å². The first kappa shape index (κ1) is 13.5. The summed E-state index contributed by atoms with van der Waals surface area (Å²) in [6, 6.07) is 0. The standard InChI is InChI=1S/C12H18N4O3/c17-12(14-6-2-1-3-7-14)5-4-8-15-10-11(9-13-15)16(18)19/h9-10H,1-8H2. The van der Waals surface area contributed by atoms with Gasteiger partial charge in [-0.25, -0.2) is 0 Å². The fourth-order valence-electron chi connectivity index (χ4n) is 2.26. The minimum atomic E-state index is -0.470. The van der Waals surface area contributed by atoms with Crippen LogP contribution in [0.4, 0.5) is 5.69 Å². The Morgan fingerprint density at radius 1 is 1.37 bits per heavy atom. The molecular formula is C12H18N4O3. The molecule has 7 heteroatoms. The second-order valence-electron chi connectivity index (χ2n) is 4.76. The van der Waals surface area contributed by atoms with Crippen LogP contribution in [-0.2, 0) is 11.3 Å². The highest BCUT2D eigenvalue weighted by atomic mass is 16.6. The highest BCUT2D eigenvalue weighted by Gasteiger charge is 2.16. The van der Waals surface area contributed by atoms with Crippen LogP contribution in [0, 0.1) is 10.1 Å². The lowest BCUT2D eigenvalue weighted by atomic mass is 10.1. The van der Waals surface area contributed by atoms with E-state index in [2.05, 4.69) is 5.10 Å². The van der Waals surface area contributed by atoms with Crippen LogP contribution in [0.3, 0.4) is 0 Å².